The molecule has 1 aliphatic carbocycles. The molecular weight excluding hydrogens is 468 g/mol. The van der Waals surface area contributed by atoms with Crippen LogP contribution in [0.1, 0.15) is 54.1 Å². The zero-order chi connectivity index (χ0) is 26.1. The van der Waals surface area contributed by atoms with Gasteiger partial charge in [-0.1, -0.05) is 42.5 Å². The predicted molar refractivity (Wildman–Crippen MR) is 155 cm³/mol. The van der Waals surface area contributed by atoms with Gasteiger partial charge in [0.25, 0.3) is 0 Å². The predicted octanol–water partition coefficient (Wildman–Crippen LogP) is 5.23. The monoisotopic (exact) mass is 504 g/mol. The van der Waals surface area contributed by atoms with Gasteiger partial charge in [0.1, 0.15) is 5.82 Å². The minimum Gasteiger partial charge on any atom is -0.364 e. The van der Waals surface area contributed by atoms with E-state index in [1.807, 2.05) is 6.20 Å². The number of nitrogens with one attached hydrogen (secondary N) is 2. The fraction of sp³-hybridized carbons (Fsp3) is 0.344. The average molecular weight is 505 g/mol. The lowest BCUT2D eigenvalue weighted by molar-refractivity contribution is 0.489. The number of hydrogen-bond acceptors (Lipinski definition) is 6. The fourth-order valence-electron chi connectivity index (χ4n) is 5.86. The molecule has 194 valence electrons. The molecular formula is C32H36N6. The van der Waals surface area contributed by atoms with E-state index >= 15 is 0 Å². The highest BCUT2D eigenvalue weighted by Crippen LogP contribution is 2.43. The highest BCUT2D eigenvalue weighted by molar-refractivity contribution is 5.86. The maximum Gasteiger partial charge on any atom is 0.127 e. The number of pyridine rings is 1. The Kier molecular flexibility index (Phi) is 6.92. The van der Waals surface area contributed by atoms with Gasteiger partial charge in [0.2, 0.25) is 0 Å². The minimum absolute atomic E-state index is 0.0997. The van der Waals surface area contributed by atoms with Gasteiger partial charge in [-0.2, -0.15) is 0 Å². The molecule has 2 unspecified atom stereocenters. The lowest BCUT2D eigenvalue weighted by Gasteiger charge is -2.24. The van der Waals surface area contributed by atoms with Crippen LogP contribution < -0.4 is 21.7 Å². The van der Waals surface area contributed by atoms with Gasteiger partial charge in [-0.05, 0) is 72.7 Å². The third-order valence-corrected chi connectivity index (χ3v) is 7.88. The Balaban J connectivity index is 1.39. The van der Waals surface area contributed by atoms with E-state index in [1.54, 1.807) is 0 Å². The topological polar surface area (TPSA) is 88.2 Å². The van der Waals surface area contributed by atoms with E-state index in [9.17, 15) is 0 Å². The Labute approximate surface area is 224 Å². The number of benzene rings is 2. The molecule has 4 N–H and O–H groups in total. The molecule has 0 radical (unpaired) electrons. The second-order valence-corrected chi connectivity index (χ2v) is 10.6. The van der Waals surface area contributed by atoms with E-state index in [0.717, 1.165) is 52.7 Å². The first-order chi connectivity index (χ1) is 18.6. The quantitative estimate of drug-likeness (QED) is 0.321. The molecule has 0 amide bonds. The van der Waals surface area contributed by atoms with Crippen molar-refractivity contribution in [3.8, 4) is 11.3 Å². The van der Waals surface area contributed by atoms with Gasteiger partial charge in [-0.15, -0.1) is 0 Å². The number of fused-ring (bicyclic) bond motifs is 2. The summed E-state index contributed by atoms with van der Waals surface area (Å²) in [6.07, 6.45) is 4.46. The van der Waals surface area contributed by atoms with E-state index in [-0.39, 0.29) is 6.04 Å². The van der Waals surface area contributed by atoms with Gasteiger partial charge in [-0.3, -0.25) is 9.98 Å². The van der Waals surface area contributed by atoms with E-state index in [1.165, 1.54) is 34.7 Å². The maximum atomic E-state index is 5.84. The number of aryl methyl sites for hydroxylation is 1. The van der Waals surface area contributed by atoms with Crippen molar-refractivity contribution in [3.05, 3.63) is 94.6 Å². The van der Waals surface area contributed by atoms with Crippen molar-refractivity contribution in [1.29, 1.82) is 0 Å². The number of hydrogen-bond donors (Lipinski definition) is 3. The van der Waals surface area contributed by atoms with Gasteiger partial charge in [0.15, 0.2) is 0 Å². The highest BCUT2D eigenvalue weighted by atomic mass is 15.0. The average Bonchev–Trinajstić information content (AvgIpc) is 3.80. The van der Waals surface area contributed by atoms with Crippen LogP contribution in [0.5, 0.6) is 0 Å². The van der Waals surface area contributed by atoms with Crippen LogP contribution in [0.2, 0.25) is 0 Å². The van der Waals surface area contributed by atoms with Crippen LogP contribution >= 0.6 is 0 Å². The molecule has 6 rings (SSSR count). The Hall–Kier alpha value is -3.61. The first kappa shape index (κ1) is 24.7. The van der Waals surface area contributed by atoms with Crippen molar-refractivity contribution in [3.63, 3.8) is 0 Å². The van der Waals surface area contributed by atoms with Crippen molar-refractivity contribution in [2.75, 3.05) is 25.0 Å². The van der Waals surface area contributed by atoms with Crippen molar-refractivity contribution in [2.45, 2.75) is 45.2 Å². The normalized spacial score (nSPS) is 18.3. The van der Waals surface area contributed by atoms with E-state index in [2.05, 4.69) is 90.1 Å². The van der Waals surface area contributed by atoms with Gasteiger partial charge >= 0.3 is 0 Å². The fourth-order valence-corrected chi connectivity index (χ4v) is 5.86. The zero-order valence-corrected chi connectivity index (χ0v) is 22.2. The minimum atomic E-state index is 0.0997. The lowest BCUT2D eigenvalue weighted by Crippen LogP contribution is -2.34. The van der Waals surface area contributed by atoms with Crippen molar-refractivity contribution in [1.82, 2.24) is 15.3 Å². The summed E-state index contributed by atoms with van der Waals surface area (Å²) in [5.41, 5.74) is 12.7. The van der Waals surface area contributed by atoms with Crippen LogP contribution in [0.25, 0.3) is 22.0 Å². The smallest absolute Gasteiger partial charge is 0.127 e. The summed E-state index contributed by atoms with van der Waals surface area (Å²) in [6.45, 7) is 7.27. The molecule has 2 aromatic carbocycles. The summed E-state index contributed by atoms with van der Waals surface area (Å²) >= 11 is 0. The number of rotatable bonds is 7. The van der Waals surface area contributed by atoms with Gasteiger partial charge in [-0.25, -0.2) is 4.98 Å². The molecule has 0 bridgehead atoms. The molecule has 2 aliphatic rings. The highest BCUT2D eigenvalue weighted by Gasteiger charge is 2.36. The maximum absolute atomic E-state index is 5.84. The Morgan fingerprint density at radius 3 is 2.79 bits per heavy atom. The molecule has 38 heavy (non-hydrogen) atoms. The summed E-state index contributed by atoms with van der Waals surface area (Å²) in [7, 11) is 0. The molecule has 2 atom stereocenters. The third-order valence-electron chi connectivity index (χ3n) is 7.88. The number of nitrogens with two attached hydrogens (primary N) is 1. The van der Waals surface area contributed by atoms with E-state index < -0.39 is 0 Å². The molecule has 1 fully saturated rings. The van der Waals surface area contributed by atoms with Crippen molar-refractivity contribution in [2.24, 2.45) is 16.6 Å². The Morgan fingerprint density at radius 2 is 1.95 bits per heavy atom. The molecule has 4 aromatic rings. The lowest BCUT2D eigenvalue weighted by atomic mass is 9.90. The van der Waals surface area contributed by atoms with Crippen LogP contribution in [0, 0.1) is 12.8 Å². The first-order valence-corrected chi connectivity index (χ1v) is 13.8. The molecule has 1 aliphatic heterocycles. The second-order valence-electron chi connectivity index (χ2n) is 10.6. The second kappa shape index (κ2) is 10.6. The number of aromatic nitrogens is 2. The van der Waals surface area contributed by atoms with Gasteiger partial charge in [0.05, 0.1) is 29.3 Å². The number of nitrogens with zero attached hydrogens (tertiary/aromatic N) is 3. The molecule has 6 nitrogen and oxygen atoms in total. The summed E-state index contributed by atoms with van der Waals surface area (Å²) in [6, 6.07) is 21.5. The van der Waals surface area contributed by atoms with Gasteiger partial charge in [0, 0.05) is 42.9 Å². The van der Waals surface area contributed by atoms with Crippen LogP contribution in [0.4, 0.5) is 5.82 Å². The SMILES string of the molecule is Cc1cc(=NCCN)c2c(nc1-c1ccnc(NC(C)c3cccc4ccccc34)c1)CNCC2C1CC1. The Morgan fingerprint density at radius 1 is 1.11 bits per heavy atom. The summed E-state index contributed by atoms with van der Waals surface area (Å²) < 4.78 is 0. The van der Waals surface area contributed by atoms with Crippen LogP contribution in [0.15, 0.2) is 71.9 Å². The van der Waals surface area contributed by atoms with Crippen molar-refractivity contribution >= 4 is 16.6 Å². The molecule has 0 spiro atoms. The van der Waals surface area contributed by atoms with E-state index in [0.29, 0.717) is 19.0 Å². The molecule has 0 saturated heterocycles. The Bertz CT molecular complexity index is 1540. The van der Waals surface area contributed by atoms with E-state index in [4.69, 9.17) is 15.7 Å². The largest absolute Gasteiger partial charge is 0.364 e. The molecule has 1 saturated carbocycles. The van der Waals surface area contributed by atoms with Gasteiger partial charge < -0.3 is 16.4 Å². The first-order valence-electron chi connectivity index (χ1n) is 13.8. The molecule has 6 heteroatoms. The molecule has 2 aromatic heterocycles. The number of anilines is 1. The summed E-state index contributed by atoms with van der Waals surface area (Å²) in [4.78, 5) is 14.9. The molecule has 3 heterocycles. The zero-order valence-electron chi connectivity index (χ0n) is 22.2. The summed E-state index contributed by atoms with van der Waals surface area (Å²) in [5, 5.41) is 10.8. The van der Waals surface area contributed by atoms with Crippen LogP contribution in [-0.2, 0) is 6.54 Å². The van der Waals surface area contributed by atoms with Crippen LogP contribution in [-0.4, -0.2) is 29.6 Å². The van der Waals surface area contributed by atoms with Crippen LogP contribution in [0.3, 0.4) is 0 Å². The summed E-state index contributed by atoms with van der Waals surface area (Å²) in [5.74, 6) is 2.04. The van der Waals surface area contributed by atoms with Crippen molar-refractivity contribution < 1.29 is 0 Å². The third kappa shape index (κ3) is 4.94. The standard InChI is InChI=1S/C32H36N6/c1-20-16-28(35-15-13-33)31-27(23-10-11-23)18-34-19-29(31)38-32(20)24-12-14-36-30(17-24)37-21(2)25-9-5-7-22-6-3-4-8-26(22)25/h3-9,12,14,16-17,21,23,27,34H,10-11,13,15,18-19,33H2,1-2H3,(H,36,37).